The van der Waals surface area contributed by atoms with Crippen LogP contribution in [-0.2, 0) is 6.18 Å². The summed E-state index contributed by atoms with van der Waals surface area (Å²) in [5, 5.41) is 0. The predicted molar refractivity (Wildman–Crippen MR) is 112 cm³/mol. The van der Waals surface area contributed by atoms with Gasteiger partial charge >= 0.3 is 6.18 Å². The Labute approximate surface area is 180 Å². The van der Waals surface area contributed by atoms with E-state index in [0.29, 0.717) is 23.6 Å². The fourth-order valence-corrected chi connectivity index (χ4v) is 5.55. The summed E-state index contributed by atoms with van der Waals surface area (Å²) in [7, 11) is 3.00. The predicted octanol–water partition coefficient (Wildman–Crippen LogP) is 5.58. The summed E-state index contributed by atoms with van der Waals surface area (Å²) in [6.45, 7) is 7.32. The summed E-state index contributed by atoms with van der Waals surface area (Å²) in [6, 6.07) is 6.11. The van der Waals surface area contributed by atoms with E-state index >= 15 is 0 Å². The van der Waals surface area contributed by atoms with Crippen LogP contribution >= 0.6 is 0 Å². The number of ether oxygens (including phenoxy) is 2. The van der Waals surface area contributed by atoms with Gasteiger partial charge in [0, 0.05) is 18.2 Å². The Morgan fingerprint density at radius 3 is 2.35 bits per heavy atom. The van der Waals surface area contributed by atoms with Gasteiger partial charge in [-0.25, -0.2) is 9.97 Å². The Kier molecular flexibility index (Phi) is 5.10. The van der Waals surface area contributed by atoms with Crippen LogP contribution in [0.1, 0.15) is 45.7 Å². The van der Waals surface area contributed by atoms with E-state index in [1.165, 1.54) is 14.2 Å². The highest BCUT2D eigenvalue weighted by Gasteiger charge is 2.50. The summed E-state index contributed by atoms with van der Waals surface area (Å²) in [6.07, 6.45) is -1.68. The molecule has 0 unspecified atom stereocenters. The first-order chi connectivity index (χ1) is 14.4. The molecule has 2 fully saturated rings. The number of fused-ring (bicyclic) bond motifs is 2. The fraction of sp³-hybridized carbons (Fsp3) is 0.565. The standard InChI is InChI=1S/C23H28F3N3O2/c1-21(2)10-15-11-22(3,12-21)13-29(15)20-27-16(9-19(28-20)23(24,25)26)14-6-7-17(30-4)18(8-14)31-5/h6-9,15H,10-13H2,1-5H3/t15-,22-/m0/s1. The Morgan fingerprint density at radius 1 is 1.00 bits per heavy atom. The first-order valence-corrected chi connectivity index (χ1v) is 10.4. The van der Waals surface area contributed by atoms with Gasteiger partial charge in [-0.1, -0.05) is 20.8 Å². The molecule has 4 rings (SSSR count). The second kappa shape index (κ2) is 7.28. The van der Waals surface area contributed by atoms with Gasteiger partial charge in [0.2, 0.25) is 5.95 Å². The van der Waals surface area contributed by atoms with Crippen LogP contribution in [-0.4, -0.2) is 36.8 Å². The fourth-order valence-electron chi connectivity index (χ4n) is 5.55. The summed E-state index contributed by atoms with van der Waals surface area (Å²) in [5.41, 5.74) is -0.0221. The zero-order valence-corrected chi connectivity index (χ0v) is 18.5. The number of aromatic nitrogens is 2. The first-order valence-electron chi connectivity index (χ1n) is 10.4. The van der Waals surface area contributed by atoms with Gasteiger partial charge in [-0.15, -0.1) is 0 Å². The second-order valence-electron chi connectivity index (χ2n) is 9.85. The van der Waals surface area contributed by atoms with Crippen molar-refractivity contribution < 1.29 is 22.6 Å². The molecule has 168 valence electrons. The van der Waals surface area contributed by atoms with E-state index in [9.17, 15) is 13.2 Å². The third kappa shape index (κ3) is 4.16. The molecule has 8 heteroatoms. The third-order valence-electron chi connectivity index (χ3n) is 6.36. The SMILES string of the molecule is COc1ccc(-c2cc(C(F)(F)F)nc(N3C[C@@]4(C)C[C@@H]3CC(C)(C)C4)n2)cc1OC. The Balaban J connectivity index is 1.80. The highest BCUT2D eigenvalue weighted by Crippen LogP contribution is 2.53. The van der Waals surface area contributed by atoms with Crippen molar-refractivity contribution in [2.45, 2.75) is 52.3 Å². The average Bonchev–Trinajstić information content (AvgIpc) is 2.95. The molecule has 2 atom stereocenters. The molecule has 0 amide bonds. The highest BCUT2D eigenvalue weighted by molar-refractivity contribution is 5.65. The van der Waals surface area contributed by atoms with Crippen molar-refractivity contribution >= 4 is 5.95 Å². The summed E-state index contributed by atoms with van der Waals surface area (Å²) >= 11 is 0. The zero-order chi connectivity index (χ0) is 22.6. The summed E-state index contributed by atoms with van der Waals surface area (Å²) < 4.78 is 51.7. The maximum Gasteiger partial charge on any atom is 0.433 e. The minimum Gasteiger partial charge on any atom is -0.493 e. The molecule has 1 saturated heterocycles. The molecular formula is C23H28F3N3O2. The topological polar surface area (TPSA) is 47.5 Å². The molecule has 5 nitrogen and oxygen atoms in total. The molecule has 2 bridgehead atoms. The molecule has 31 heavy (non-hydrogen) atoms. The minimum atomic E-state index is -4.57. The van der Waals surface area contributed by atoms with Crippen LogP contribution in [0, 0.1) is 10.8 Å². The van der Waals surface area contributed by atoms with E-state index in [4.69, 9.17) is 9.47 Å². The van der Waals surface area contributed by atoms with E-state index < -0.39 is 11.9 Å². The Morgan fingerprint density at radius 2 is 1.71 bits per heavy atom. The van der Waals surface area contributed by atoms with Crippen LogP contribution in [0.2, 0.25) is 0 Å². The van der Waals surface area contributed by atoms with Crippen molar-refractivity contribution in [2.75, 3.05) is 25.7 Å². The molecule has 1 aromatic carbocycles. The smallest absolute Gasteiger partial charge is 0.433 e. The maximum atomic E-state index is 13.7. The van der Waals surface area contributed by atoms with E-state index in [-0.39, 0.29) is 28.5 Å². The van der Waals surface area contributed by atoms with Gasteiger partial charge in [0.15, 0.2) is 17.2 Å². The number of halogens is 3. The van der Waals surface area contributed by atoms with Crippen LogP contribution in [0.5, 0.6) is 11.5 Å². The van der Waals surface area contributed by atoms with Gasteiger partial charge in [-0.05, 0) is 54.4 Å². The zero-order valence-electron chi connectivity index (χ0n) is 18.5. The van der Waals surface area contributed by atoms with E-state index in [1.54, 1.807) is 18.2 Å². The minimum absolute atomic E-state index is 0.0491. The highest BCUT2D eigenvalue weighted by atomic mass is 19.4. The monoisotopic (exact) mass is 435 g/mol. The van der Waals surface area contributed by atoms with Crippen LogP contribution in [0.3, 0.4) is 0 Å². The number of benzene rings is 1. The molecule has 2 aliphatic rings. The largest absolute Gasteiger partial charge is 0.493 e. The second-order valence-corrected chi connectivity index (χ2v) is 9.85. The molecule has 1 aromatic heterocycles. The lowest BCUT2D eigenvalue weighted by Crippen LogP contribution is -2.35. The number of methoxy groups -OCH3 is 2. The van der Waals surface area contributed by atoms with Crippen molar-refractivity contribution in [3.05, 3.63) is 30.0 Å². The van der Waals surface area contributed by atoms with Crippen LogP contribution < -0.4 is 14.4 Å². The summed E-state index contributed by atoms with van der Waals surface area (Å²) in [4.78, 5) is 10.5. The van der Waals surface area contributed by atoms with E-state index in [1.807, 2.05) is 4.90 Å². The first kappa shape index (κ1) is 21.7. The number of anilines is 1. The van der Waals surface area contributed by atoms with Gasteiger partial charge in [0.05, 0.1) is 19.9 Å². The van der Waals surface area contributed by atoms with E-state index in [0.717, 1.165) is 25.3 Å². The van der Waals surface area contributed by atoms with E-state index in [2.05, 4.69) is 30.7 Å². The van der Waals surface area contributed by atoms with Gasteiger partial charge in [-0.2, -0.15) is 13.2 Å². The number of hydrogen-bond acceptors (Lipinski definition) is 5. The lowest BCUT2D eigenvalue weighted by atomic mass is 9.65. The number of nitrogens with zero attached hydrogens (tertiary/aromatic N) is 3. The van der Waals surface area contributed by atoms with Gasteiger partial charge in [0.25, 0.3) is 0 Å². The van der Waals surface area contributed by atoms with Crippen molar-refractivity contribution in [1.29, 1.82) is 0 Å². The van der Waals surface area contributed by atoms with Crippen LogP contribution in [0.15, 0.2) is 24.3 Å². The van der Waals surface area contributed by atoms with Crippen LogP contribution in [0.4, 0.5) is 19.1 Å². The maximum absolute atomic E-state index is 13.7. The molecule has 1 saturated carbocycles. The molecule has 1 aliphatic carbocycles. The molecule has 2 aromatic rings. The Hall–Kier alpha value is -2.51. The van der Waals surface area contributed by atoms with Gasteiger partial charge in [-0.3, -0.25) is 0 Å². The average molecular weight is 435 g/mol. The normalized spacial score (nSPS) is 24.9. The van der Waals surface area contributed by atoms with Crippen LogP contribution in [0.25, 0.3) is 11.3 Å². The van der Waals surface area contributed by atoms with Crippen molar-refractivity contribution in [3.63, 3.8) is 0 Å². The number of rotatable bonds is 4. The molecular weight excluding hydrogens is 407 g/mol. The molecule has 1 aliphatic heterocycles. The molecule has 0 radical (unpaired) electrons. The van der Waals surface area contributed by atoms with Crippen molar-refractivity contribution in [2.24, 2.45) is 10.8 Å². The molecule has 0 N–H and O–H groups in total. The van der Waals surface area contributed by atoms with Gasteiger partial charge < -0.3 is 14.4 Å². The lowest BCUT2D eigenvalue weighted by Gasteiger charge is -2.39. The number of alkyl halides is 3. The third-order valence-corrected chi connectivity index (χ3v) is 6.36. The lowest BCUT2D eigenvalue weighted by molar-refractivity contribution is -0.141. The quantitative estimate of drug-likeness (QED) is 0.627. The van der Waals surface area contributed by atoms with Crippen molar-refractivity contribution in [1.82, 2.24) is 9.97 Å². The summed E-state index contributed by atoms with van der Waals surface area (Å²) in [5.74, 6) is 1.08. The number of hydrogen-bond donors (Lipinski definition) is 0. The van der Waals surface area contributed by atoms with Gasteiger partial charge in [0.1, 0.15) is 0 Å². The molecule has 0 spiro atoms. The molecule has 2 heterocycles. The van der Waals surface area contributed by atoms with Crippen molar-refractivity contribution in [3.8, 4) is 22.8 Å². The Bertz CT molecular complexity index is 993.